The third kappa shape index (κ3) is 25.0. The summed E-state index contributed by atoms with van der Waals surface area (Å²) >= 11 is 0. The Morgan fingerprint density at radius 3 is 1.12 bits per heavy atom. The molecule has 0 spiro atoms. The van der Waals surface area contributed by atoms with Crippen LogP contribution >= 0.6 is 0 Å². The molecule has 0 aliphatic heterocycles. The molecular weight excluding hydrogens is 115 g/mol. The molecule has 4 nitrogen and oxygen atoms in total. The standard InChI is InChI=1S/CF.2CHNO/c1-2;2*2-1-3/h;2*3H. The highest BCUT2D eigenvalue weighted by Gasteiger charge is 1.16. The molecule has 0 aromatic rings. The van der Waals surface area contributed by atoms with Crippen LogP contribution in [0.15, 0.2) is 0 Å². The molecule has 0 saturated carbocycles. The fourth-order valence-corrected chi connectivity index (χ4v) is 0. The van der Waals surface area contributed by atoms with Crippen molar-refractivity contribution < 1.29 is 14.6 Å². The topological polar surface area (TPSA) is 88.0 Å². The summed E-state index contributed by atoms with van der Waals surface area (Å²) < 4.78 is 8.75. The quantitative estimate of drug-likeness (QED) is 0.443. The van der Waals surface area contributed by atoms with Gasteiger partial charge in [0.15, 0.2) is 0 Å². The molecule has 0 unspecified atom stereocenters. The predicted molar refractivity (Wildman–Crippen MR) is 19.4 cm³/mol. The van der Waals surface area contributed by atoms with Gasteiger partial charge in [-0.1, -0.05) is 0 Å². The van der Waals surface area contributed by atoms with Gasteiger partial charge in [-0.25, -0.2) is 4.39 Å². The molecule has 0 aliphatic carbocycles. The van der Waals surface area contributed by atoms with Crippen LogP contribution in [0.3, 0.4) is 0 Å². The van der Waals surface area contributed by atoms with Crippen molar-refractivity contribution in [1.29, 1.82) is 10.5 Å². The monoisotopic (exact) mass is 117 g/mol. The van der Waals surface area contributed by atoms with Gasteiger partial charge >= 0.3 is 0 Å². The Kier molecular flexibility index (Phi) is 864. The maximum Gasteiger partial charge on any atom is 0.283 e. The van der Waals surface area contributed by atoms with Crippen molar-refractivity contribution in [2.45, 2.75) is 0 Å². The average molecular weight is 117 g/mol. The van der Waals surface area contributed by atoms with E-state index in [2.05, 4.69) is 7.18 Å². The molecule has 0 rings (SSSR count). The first-order valence-electron chi connectivity index (χ1n) is 1.08. The minimum absolute atomic E-state index is 0.750. The number of aliphatic hydroxyl groups excluding tert-OH is 2. The van der Waals surface area contributed by atoms with Crippen LogP contribution in [0, 0.1) is 30.2 Å². The third-order valence-electron chi connectivity index (χ3n) is 0. The van der Waals surface area contributed by atoms with E-state index in [1.165, 1.54) is 0 Å². The van der Waals surface area contributed by atoms with E-state index in [1.54, 1.807) is 0 Å². The number of hydrogen-bond donors (Lipinski definition) is 2. The summed E-state index contributed by atoms with van der Waals surface area (Å²) in [5.41, 5.74) is 0. The van der Waals surface area contributed by atoms with E-state index in [-0.39, 0.29) is 0 Å². The number of rotatable bonds is 0. The van der Waals surface area contributed by atoms with Crippen molar-refractivity contribution in [3.05, 3.63) is 7.18 Å². The highest BCUT2D eigenvalue weighted by molar-refractivity contribution is 4.31. The lowest BCUT2D eigenvalue weighted by molar-refractivity contribution is 0.502. The number of hydrogen-bond acceptors (Lipinski definition) is 4. The van der Waals surface area contributed by atoms with Gasteiger partial charge in [0.05, 0.1) is 0 Å². The van der Waals surface area contributed by atoms with Gasteiger partial charge in [-0.15, -0.1) is 0 Å². The molecule has 0 aromatic carbocycles. The Morgan fingerprint density at radius 1 is 1.12 bits per heavy atom. The molecule has 0 atom stereocenters. The normalized spacial score (nSPS) is 2.50. The second-order valence-electron chi connectivity index (χ2n) is 0.200. The number of nitrogens with zero attached hydrogens (tertiary/aromatic N) is 2. The van der Waals surface area contributed by atoms with Gasteiger partial charge in [0, 0.05) is 0 Å². The summed E-state index contributed by atoms with van der Waals surface area (Å²) in [5, 5.41) is 27.5. The fourth-order valence-electron chi connectivity index (χ4n) is 0. The molecule has 43 valence electrons. The van der Waals surface area contributed by atoms with Gasteiger partial charge in [0.2, 0.25) is 7.18 Å². The summed E-state index contributed by atoms with van der Waals surface area (Å²) in [6, 6.07) is 0. The molecule has 3 radical (unpaired) electrons. The number of aliphatic hydroxyl groups is 2. The molecule has 5 heteroatoms. The van der Waals surface area contributed by atoms with Crippen LogP contribution in [0.1, 0.15) is 0 Å². The molecule has 0 bridgehead atoms. The molecule has 0 heterocycles. The Morgan fingerprint density at radius 2 is 1.12 bits per heavy atom. The van der Waals surface area contributed by atoms with Crippen LogP contribution in [-0.2, 0) is 0 Å². The summed E-state index contributed by atoms with van der Waals surface area (Å²) in [5.74, 6) is 0. The first-order chi connectivity index (χ1) is 3.83. The largest absolute Gasteiger partial charge is 0.443 e. The number of halogens is 1. The maximum atomic E-state index is 8.75. The Hall–Kier alpha value is -1.49. The lowest BCUT2D eigenvalue weighted by Gasteiger charge is -1.25. The van der Waals surface area contributed by atoms with Crippen molar-refractivity contribution in [2.75, 3.05) is 0 Å². The molecule has 0 aromatic heterocycles. The molecule has 0 fully saturated rings. The third-order valence-corrected chi connectivity index (χ3v) is 0. The van der Waals surface area contributed by atoms with Crippen molar-refractivity contribution in [3.8, 4) is 12.5 Å². The van der Waals surface area contributed by atoms with Crippen LogP contribution in [0.25, 0.3) is 0 Å². The smallest absolute Gasteiger partial charge is 0.283 e. The summed E-state index contributed by atoms with van der Waals surface area (Å²) in [6.45, 7) is 0. The van der Waals surface area contributed by atoms with Crippen LogP contribution in [0.4, 0.5) is 4.39 Å². The van der Waals surface area contributed by atoms with Gasteiger partial charge in [0.1, 0.15) is 0 Å². The van der Waals surface area contributed by atoms with E-state index in [0.717, 1.165) is 12.5 Å². The minimum Gasteiger partial charge on any atom is -0.443 e. The van der Waals surface area contributed by atoms with E-state index >= 15 is 0 Å². The Labute approximate surface area is 46.0 Å². The SMILES string of the molecule is N#CO.N#CO.[C]F. The highest BCUT2D eigenvalue weighted by atomic mass is 19.1. The zero-order chi connectivity index (χ0) is 7.41. The molecule has 8 heavy (non-hydrogen) atoms. The van der Waals surface area contributed by atoms with Crippen LogP contribution in [-0.4, -0.2) is 10.2 Å². The van der Waals surface area contributed by atoms with Crippen LogP contribution in [0.2, 0.25) is 0 Å². The fraction of sp³-hybridized carbons (Fsp3) is 0. The van der Waals surface area contributed by atoms with Crippen molar-refractivity contribution >= 4 is 0 Å². The summed E-state index contributed by atoms with van der Waals surface area (Å²) in [4.78, 5) is 0. The van der Waals surface area contributed by atoms with Crippen molar-refractivity contribution in [2.24, 2.45) is 0 Å². The van der Waals surface area contributed by atoms with Gasteiger partial charge in [-0.3, -0.25) is 0 Å². The zero-order valence-electron chi connectivity index (χ0n) is 3.67. The van der Waals surface area contributed by atoms with Crippen molar-refractivity contribution in [1.82, 2.24) is 0 Å². The van der Waals surface area contributed by atoms with E-state index < -0.39 is 0 Å². The maximum absolute atomic E-state index is 8.75. The highest BCUT2D eigenvalue weighted by Crippen LogP contribution is 1.27. The zero-order valence-corrected chi connectivity index (χ0v) is 3.67. The predicted octanol–water partition coefficient (Wildman–Crippen LogP) is 0.181. The molecule has 2 N–H and O–H groups in total. The second-order valence-corrected chi connectivity index (χ2v) is 0.200. The second kappa shape index (κ2) is 431. The summed E-state index contributed by atoms with van der Waals surface area (Å²) in [7, 11) is 4.25. The molecule has 0 amide bonds. The molecule has 0 aliphatic rings. The summed E-state index contributed by atoms with van der Waals surface area (Å²) in [6.07, 6.45) is 1.50. The molecule has 0 saturated heterocycles. The van der Waals surface area contributed by atoms with E-state index in [0.29, 0.717) is 0 Å². The van der Waals surface area contributed by atoms with E-state index in [1.807, 2.05) is 0 Å². The Bertz CT molecular complexity index is 70.3. The molecular formula is C3H2FN2O2. The lowest BCUT2D eigenvalue weighted by Crippen LogP contribution is -1.27. The van der Waals surface area contributed by atoms with Gasteiger partial charge in [0.25, 0.3) is 12.5 Å². The van der Waals surface area contributed by atoms with E-state index in [9.17, 15) is 0 Å². The average Bonchev–Trinajstić information content (AvgIpc) is 1.75. The van der Waals surface area contributed by atoms with E-state index in [4.69, 9.17) is 25.1 Å². The van der Waals surface area contributed by atoms with Gasteiger partial charge < -0.3 is 10.2 Å². The lowest BCUT2D eigenvalue weighted by atomic mass is 11.6. The van der Waals surface area contributed by atoms with Gasteiger partial charge in [-0.2, -0.15) is 10.5 Å². The Balaban J connectivity index is -0.0000000483. The first kappa shape index (κ1) is 16.0. The number of nitriles is 2. The minimum atomic E-state index is 0.750. The van der Waals surface area contributed by atoms with Crippen LogP contribution < -0.4 is 0 Å². The van der Waals surface area contributed by atoms with Crippen LogP contribution in [0.5, 0.6) is 0 Å². The first-order valence-corrected chi connectivity index (χ1v) is 1.08. The van der Waals surface area contributed by atoms with Gasteiger partial charge in [-0.05, 0) is 0 Å². The van der Waals surface area contributed by atoms with Crippen molar-refractivity contribution in [3.63, 3.8) is 0 Å².